The van der Waals surface area contributed by atoms with Gasteiger partial charge >= 0.3 is 5.97 Å². The number of fused-ring (bicyclic) bond motifs is 1. The summed E-state index contributed by atoms with van der Waals surface area (Å²) in [7, 11) is 0. The van der Waals surface area contributed by atoms with Gasteiger partial charge in [0.05, 0.1) is 16.8 Å². The van der Waals surface area contributed by atoms with Gasteiger partial charge in [0.1, 0.15) is 0 Å². The first-order valence-corrected chi connectivity index (χ1v) is 5.14. The number of carboxylic acids is 1. The first-order valence-electron chi connectivity index (χ1n) is 5.14. The lowest BCUT2D eigenvalue weighted by Gasteiger charge is -1.91. The monoisotopic (exact) mass is 244 g/mol. The van der Waals surface area contributed by atoms with E-state index in [0.717, 1.165) is 0 Å². The summed E-state index contributed by atoms with van der Waals surface area (Å²) in [6.45, 7) is 1.79. The molecule has 0 fully saturated rings. The van der Waals surface area contributed by atoms with Gasteiger partial charge in [0.2, 0.25) is 0 Å². The number of pyridine rings is 1. The van der Waals surface area contributed by atoms with Crippen LogP contribution in [0.15, 0.2) is 23.1 Å². The summed E-state index contributed by atoms with van der Waals surface area (Å²) < 4.78 is 5.21. The lowest BCUT2D eigenvalue weighted by atomic mass is 10.3. The van der Waals surface area contributed by atoms with E-state index < -0.39 is 5.97 Å². The van der Waals surface area contributed by atoms with Gasteiger partial charge in [-0.2, -0.15) is 0 Å². The summed E-state index contributed by atoms with van der Waals surface area (Å²) >= 11 is 0. The van der Waals surface area contributed by atoms with E-state index in [0.29, 0.717) is 28.4 Å². The molecule has 2 N–H and O–H groups in total. The maximum atomic E-state index is 10.8. The Labute approximate surface area is 101 Å². The Bertz CT molecular complexity index is 744. The summed E-state index contributed by atoms with van der Waals surface area (Å²) in [4.78, 5) is 26.0. The van der Waals surface area contributed by atoms with Gasteiger partial charge in [0.25, 0.3) is 0 Å². The Morgan fingerprint density at radius 3 is 2.94 bits per heavy atom. The molecule has 3 aromatic heterocycles. The Morgan fingerprint density at radius 2 is 2.28 bits per heavy atom. The van der Waals surface area contributed by atoms with E-state index in [-0.39, 0.29) is 5.56 Å². The Kier molecular flexibility index (Phi) is 2.12. The Morgan fingerprint density at radius 1 is 1.44 bits per heavy atom. The second-order valence-corrected chi connectivity index (χ2v) is 3.75. The van der Waals surface area contributed by atoms with E-state index in [1.807, 2.05) is 0 Å². The second kappa shape index (κ2) is 3.66. The average molecular weight is 244 g/mol. The van der Waals surface area contributed by atoms with E-state index >= 15 is 0 Å². The van der Waals surface area contributed by atoms with Gasteiger partial charge in [-0.25, -0.2) is 19.7 Å². The molecule has 0 unspecified atom stereocenters. The summed E-state index contributed by atoms with van der Waals surface area (Å²) in [5, 5.41) is 8.88. The molecule has 90 valence electrons. The molecule has 0 aliphatic rings. The number of hydrogen-bond acceptors (Lipinski definition) is 5. The van der Waals surface area contributed by atoms with Crippen LogP contribution in [0.5, 0.6) is 0 Å². The van der Waals surface area contributed by atoms with Crippen molar-refractivity contribution in [2.45, 2.75) is 6.92 Å². The average Bonchev–Trinajstić information content (AvgIpc) is 2.92. The van der Waals surface area contributed by atoms with Crippen molar-refractivity contribution >= 4 is 17.1 Å². The minimum atomic E-state index is -1.03. The molecule has 0 bridgehead atoms. The molecule has 0 aliphatic heterocycles. The molecule has 3 aromatic rings. The van der Waals surface area contributed by atoms with Gasteiger partial charge in [-0.05, 0) is 13.0 Å². The number of H-pyrrole nitrogens is 1. The van der Waals surface area contributed by atoms with Gasteiger partial charge in [0.15, 0.2) is 23.6 Å². The van der Waals surface area contributed by atoms with Crippen LogP contribution < -0.4 is 0 Å². The maximum absolute atomic E-state index is 10.8. The summed E-state index contributed by atoms with van der Waals surface area (Å²) in [5.41, 5.74) is 1.78. The zero-order valence-electron chi connectivity index (χ0n) is 9.34. The lowest BCUT2D eigenvalue weighted by Crippen LogP contribution is -1.96. The number of hydrogen-bond donors (Lipinski definition) is 2. The molecular weight excluding hydrogens is 236 g/mol. The predicted molar refractivity (Wildman–Crippen MR) is 61.1 cm³/mol. The smallest absolute Gasteiger partial charge is 0.337 e. The molecule has 3 heterocycles. The van der Waals surface area contributed by atoms with Crippen LogP contribution in [-0.2, 0) is 0 Å². The number of aryl methyl sites for hydroxylation is 1. The number of aromatic amines is 1. The molecule has 18 heavy (non-hydrogen) atoms. The first-order chi connectivity index (χ1) is 8.65. The summed E-state index contributed by atoms with van der Waals surface area (Å²) in [5.74, 6) is -0.0312. The molecule has 0 amide bonds. The van der Waals surface area contributed by atoms with Crippen molar-refractivity contribution in [3.63, 3.8) is 0 Å². The van der Waals surface area contributed by atoms with E-state index in [4.69, 9.17) is 9.52 Å². The molecule has 0 saturated heterocycles. The maximum Gasteiger partial charge on any atom is 0.337 e. The van der Waals surface area contributed by atoms with Gasteiger partial charge in [-0.15, -0.1) is 0 Å². The minimum Gasteiger partial charge on any atom is -0.478 e. The number of rotatable bonds is 2. The number of nitrogens with one attached hydrogen (secondary N) is 1. The van der Waals surface area contributed by atoms with E-state index in [9.17, 15) is 4.79 Å². The van der Waals surface area contributed by atoms with Crippen molar-refractivity contribution in [1.29, 1.82) is 0 Å². The molecule has 0 atom stereocenters. The lowest BCUT2D eigenvalue weighted by molar-refractivity contribution is 0.0696. The highest BCUT2D eigenvalue weighted by atomic mass is 16.4. The number of aromatic nitrogens is 4. The van der Waals surface area contributed by atoms with Crippen LogP contribution in [0.4, 0.5) is 0 Å². The zero-order valence-corrected chi connectivity index (χ0v) is 9.34. The standard InChI is InChI=1S/C11H8N4O3/c1-5-8(18-4-13-5)10-14-7-2-6(11(16)17)3-12-9(7)15-10/h2-4H,1H3,(H,16,17)(H,12,14,15). The Balaban J connectivity index is 2.17. The van der Waals surface area contributed by atoms with Crippen molar-refractivity contribution in [3.05, 3.63) is 29.9 Å². The van der Waals surface area contributed by atoms with Crippen LogP contribution in [-0.4, -0.2) is 31.0 Å². The molecule has 7 nitrogen and oxygen atoms in total. The largest absolute Gasteiger partial charge is 0.478 e. The highest BCUT2D eigenvalue weighted by Crippen LogP contribution is 2.22. The van der Waals surface area contributed by atoms with Gasteiger partial charge in [-0.3, -0.25) is 0 Å². The van der Waals surface area contributed by atoms with Crippen LogP contribution in [0.25, 0.3) is 22.7 Å². The van der Waals surface area contributed by atoms with Crippen molar-refractivity contribution in [3.8, 4) is 11.6 Å². The highest BCUT2D eigenvalue weighted by molar-refractivity contribution is 5.91. The van der Waals surface area contributed by atoms with Crippen molar-refractivity contribution in [2.24, 2.45) is 0 Å². The van der Waals surface area contributed by atoms with E-state index in [1.54, 1.807) is 6.92 Å². The van der Waals surface area contributed by atoms with Crippen LogP contribution in [0.2, 0.25) is 0 Å². The Hall–Kier alpha value is -2.70. The van der Waals surface area contributed by atoms with Crippen LogP contribution in [0.3, 0.4) is 0 Å². The third kappa shape index (κ3) is 1.53. The normalized spacial score (nSPS) is 10.9. The highest BCUT2D eigenvalue weighted by Gasteiger charge is 2.14. The first kappa shape index (κ1) is 10.5. The van der Waals surface area contributed by atoms with Crippen LogP contribution in [0.1, 0.15) is 16.1 Å². The van der Waals surface area contributed by atoms with Gasteiger partial charge < -0.3 is 14.5 Å². The van der Waals surface area contributed by atoms with Crippen molar-refractivity contribution in [2.75, 3.05) is 0 Å². The molecule has 0 aliphatic carbocycles. The van der Waals surface area contributed by atoms with Crippen molar-refractivity contribution in [1.82, 2.24) is 19.9 Å². The number of oxazole rings is 1. The third-order valence-electron chi connectivity index (χ3n) is 2.54. The van der Waals surface area contributed by atoms with Gasteiger partial charge in [0, 0.05) is 6.20 Å². The minimum absolute atomic E-state index is 0.104. The molecule has 0 radical (unpaired) electrons. The summed E-state index contributed by atoms with van der Waals surface area (Å²) in [6, 6.07) is 1.48. The molecule has 3 rings (SSSR count). The second-order valence-electron chi connectivity index (χ2n) is 3.75. The third-order valence-corrected chi connectivity index (χ3v) is 2.54. The van der Waals surface area contributed by atoms with Gasteiger partial charge in [-0.1, -0.05) is 0 Å². The fourth-order valence-corrected chi connectivity index (χ4v) is 1.65. The van der Waals surface area contributed by atoms with E-state index in [1.165, 1.54) is 18.7 Å². The van der Waals surface area contributed by atoms with E-state index in [2.05, 4.69) is 19.9 Å². The summed E-state index contributed by atoms with van der Waals surface area (Å²) in [6.07, 6.45) is 2.59. The molecule has 7 heteroatoms. The zero-order chi connectivity index (χ0) is 12.7. The number of carbonyl (C=O) groups is 1. The van der Waals surface area contributed by atoms with Crippen LogP contribution in [0, 0.1) is 6.92 Å². The molecular formula is C11H8N4O3. The molecule has 0 spiro atoms. The van der Waals surface area contributed by atoms with Crippen LogP contribution >= 0.6 is 0 Å². The molecule has 0 saturated carbocycles. The number of imidazole rings is 1. The fraction of sp³-hybridized carbons (Fsp3) is 0.0909. The van der Waals surface area contributed by atoms with Crippen molar-refractivity contribution < 1.29 is 14.3 Å². The number of nitrogens with zero attached hydrogens (tertiary/aromatic N) is 3. The number of carboxylic acid groups (broad SMARTS) is 1. The molecule has 0 aromatic carbocycles. The quantitative estimate of drug-likeness (QED) is 0.709. The SMILES string of the molecule is Cc1ncoc1-c1nc2ncc(C(=O)O)cc2[nH]1. The topological polar surface area (TPSA) is 105 Å². The predicted octanol–water partition coefficient (Wildman–Crippen LogP) is 1.62. The fourth-order valence-electron chi connectivity index (χ4n) is 1.65. The number of aromatic carboxylic acids is 1.